The molecule has 0 aliphatic heterocycles. The SMILES string of the molecule is CNC(=O)C(Cc1ccccc1)N(Cc1ccc(Br)cc1)C(=O)CSCc1ccc(Br)cc1. The molecule has 0 spiro atoms. The second-order valence-electron chi connectivity index (χ2n) is 7.59. The lowest BCUT2D eigenvalue weighted by Gasteiger charge is -2.31. The van der Waals surface area contributed by atoms with Crippen molar-refractivity contribution in [2.45, 2.75) is 24.8 Å². The van der Waals surface area contributed by atoms with E-state index >= 15 is 0 Å². The van der Waals surface area contributed by atoms with Gasteiger partial charge in [-0.05, 0) is 41.0 Å². The Balaban J connectivity index is 1.79. The summed E-state index contributed by atoms with van der Waals surface area (Å²) < 4.78 is 2.00. The lowest BCUT2D eigenvalue weighted by molar-refractivity contribution is -0.139. The molecule has 2 amide bonds. The van der Waals surface area contributed by atoms with Gasteiger partial charge < -0.3 is 10.2 Å². The summed E-state index contributed by atoms with van der Waals surface area (Å²) in [5.41, 5.74) is 3.15. The van der Waals surface area contributed by atoms with E-state index in [4.69, 9.17) is 0 Å². The first kappa shape index (κ1) is 25.5. The quantitative estimate of drug-likeness (QED) is 0.324. The minimum atomic E-state index is -0.596. The molecule has 3 rings (SSSR count). The number of likely N-dealkylation sites (N-methyl/N-ethyl adjacent to an activating group) is 1. The van der Waals surface area contributed by atoms with E-state index in [0.717, 1.165) is 31.4 Å². The molecule has 1 N–H and O–H groups in total. The van der Waals surface area contributed by atoms with Crippen molar-refractivity contribution >= 4 is 55.4 Å². The second-order valence-corrected chi connectivity index (χ2v) is 10.4. The van der Waals surface area contributed by atoms with Gasteiger partial charge in [0.15, 0.2) is 0 Å². The second kappa shape index (κ2) is 13.0. The highest BCUT2D eigenvalue weighted by Crippen LogP contribution is 2.20. The molecule has 0 heterocycles. The van der Waals surface area contributed by atoms with Crippen LogP contribution in [0.2, 0.25) is 0 Å². The van der Waals surface area contributed by atoms with Crippen LogP contribution in [-0.2, 0) is 28.3 Å². The Morgan fingerprint density at radius 2 is 1.42 bits per heavy atom. The van der Waals surface area contributed by atoms with E-state index in [9.17, 15) is 9.59 Å². The molecular formula is C26H26Br2N2O2S. The number of thioether (sulfide) groups is 1. The number of benzene rings is 3. The Kier molecular flexibility index (Phi) is 10.0. The summed E-state index contributed by atoms with van der Waals surface area (Å²) in [6.07, 6.45) is 0.458. The van der Waals surface area contributed by atoms with Crippen molar-refractivity contribution in [3.05, 3.63) is 104 Å². The van der Waals surface area contributed by atoms with Crippen LogP contribution >= 0.6 is 43.6 Å². The Bertz CT molecular complexity index is 1040. The third kappa shape index (κ3) is 8.02. The maximum atomic E-state index is 13.4. The number of halogens is 2. The van der Waals surface area contributed by atoms with Crippen molar-refractivity contribution in [1.29, 1.82) is 0 Å². The van der Waals surface area contributed by atoms with Crippen molar-refractivity contribution in [2.75, 3.05) is 12.8 Å². The number of rotatable bonds is 10. The zero-order valence-corrected chi connectivity index (χ0v) is 22.3. The van der Waals surface area contributed by atoms with Crippen LogP contribution in [0, 0.1) is 0 Å². The van der Waals surface area contributed by atoms with Crippen molar-refractivity contribution in [1.82, 2.24) is 10.2 Å². The molecule has 0 aromatic heterocycles. The van der Waals surface area contributed by atoms with Gasteiger partial charge >= 0.3 is 0 Å². The fourth-order valence-corrected chi connectivity index (χ4v) is 4.83. The zero-order chi connectivity index (χ0) is 23.6. The van der Waals surface area contributed by atoms with Gasteiger partial charge in [-0.2, -0.15) is 0 Å². The fourth-order valence-electron chi connectivity index (χ4n) is 3.43. The largest absolute Gasteiger partial charge is 0.357 e. The normalized spacial score (nSPS) is 11.6. The summed E-state index contributed by atoms with van der Waals surface area (Å²) in [6, 6.07) is 25.2. The van der Waals surface area contributed by atoms with Gasteiger partial charge in [-0.15, -0.1) is 11.8 Å². The third-order valence-corrected chi connectivity index (χ3v) is 7.24. The number of nitrogens with one attached hydrogen (secondary N) is 1. The molecule has 0 saturated heterocycles. The molecule has 4 nitrogen and oxygen atoms in total. The van der Waals surface area contributed by atoms with Gasteiger partial charge in [-0.1, -0.05) is 86.5 Å². The Morgan fingerprint density at radius 3 is 2.00 bits per heavy atom. The molecule has 7 heteroatoms. The predicted octanol–water partition coefficient (Wildman–Crippen LogP) is 5.83. The van der Waals surface area contributed by atoms with Gasteiger partial charge in [0.2, 0.25) is 11.8 Å². The van der Waals surface area contributed by atoms with Crippen LogP contribution in [0.5, 0.6) is 0 Å². The molecule has 0 fully saturated rings. The van der Waals surface area contributed by atoms with Crippen LogP contribution in [-0.4, -0.2) is 35.6 Å². The zero-order valence-electron chi connectivity index (χ0n) is 18.3. The van der Waals surface area contributed by atoms with Crippen LogP contribution in [0.25, 0.3) is 0 Å². The van der Waals surface area contributed by atoms with Crippen molar-refractivity contribution in [3.8, 4) is 0 Å². The summed E-state index contributed by atoms with van der Waals surface area (Å²) in [4.78, 5) is 28.0. The van der Waals surface area contributed by atoms with E-state index in [1.54, 1.807) is 23.7 Å². The average molecular weight is 590 g/mol. The number of hydrogen-bond donors (Lipinski definition) is 1. The first-order chi connectivity index (χ1) is 16.0. The van der Waals surface area contributed by atoms with Crippen LogP contribution in [0.3, 0.4) is 0 Å². The minimum absolute atomic E-state index is 0.0513. The Morgan fingerprint density at radius 1 is 0.848 bits per heavy atom. The van der Waals surface area contributed by atoms with Crippen LogP contribution in [0.4, 0.5) is 0 Å². The van der Waals surface area contributed by atoms with E-state index in [0.29, 0.717) is 18.7 Å². The molecule has 0 saturated carbocycles. The predicted molar refractivity (Wildman–Crippen MR) is 143 cm³/mol. The maximum Gasteiger partial charge on any atom is 0.242 e. The molecule has 0 bridgehead atoms. The highest BCUT2D eigenvalue weighted by molar-refractivity contribution is 9.10. The van der Waals surface area contributed by atoms with Gasteiger partial charge in [0.1, 0.15) is 6.04 Å². The summed E-state index contributed by atoms with van der Waals surface area (Å²) in [7, 11) is 1.62. The van der Waals surface area contributed by atoms with Crippen LogP contribution < -0.4 is 5.32 Å². The Labute approximate surface area is 216 Å². The number of carbonyl (C=O) groups excluding carboxylic acids is 2. The lowest BCUT2D eigenvalue weighted by atomic mass is 10.0. The van der Waals surface area contributed by atoms with E-state index in [-0.39, 0.29) is 11.8 Å². The molecule has 0 aliphatic rings. The molecule has 0 aliphatic carbocycles. The first-order valence-electron chi connectivity index (χ1n) is 10.6. The van der Waals surface area contributed by atoms with Gasteiger partial charge in [-0.25, -0.2) is 0 Å². The monoisotopic (exact) mass is 588 g/mol. The first-order valence-corrected chi connectivity index (χ1v) is 13.3. The van der Waals surface area contributed by atoms with Crippen molar-refractivity contribution in [2.24, 2.45) is 0 Å². The standard InChI is InChI=1S/C26H26Br2N2O2S/c1-29-26(32)24(15-19-5-3-2-4-6-19)30(16-20-7-11-22(27)12-8-20)25(31)18-33-17-21-9-13-23(28)14-10-21/h2-14,24H,15-18H2,1H3,(H,29,32). The highest BCUT2D eigenvalue weighted by atomic mass is 79.9. The number of carbonyl (C=O) groups is 2. The molecule has 1 atom stereocenters. The molecule has 1 unspecified atom stereocenters. The number of nitrogens with zero attached hydrogens (tertiary/aromatic N) is 1. The smallest absolute Gasteiger partial charge is 0.242 e. The average Bonchev–Trinajstić information content (AvgIpc) is 2.83. The minimum Gasteiger partial charge on any atom is -0.357 e. The number of hydrogen-bond acceptors (Lipinski definition) is 3. The molecule has 3 aromatic rings. The van der Waals surface area contributed by atoms with Crippen LogP contribution in [0.15, 0.2) is 87.8 Å². The molecule has 172 valence electrons. The molecule has 3 aromatic carbocycles. The van der Waals surface area contributed by atoms with E-state index < -0.39 is 6.04 Å². The highest BCUT2D eigenvalue weighted by Gasteiger charge is 2.29. The summed E-state index contributed by atoms with van der Waals surface area (Å²) >= 11 is 8.46. The van der Waals surface area contributed by atoms with Gasteiger partial charge in [0.25, 0.3) is 0 Å². The molecule has 0 radical (unpaired) electrons. The topological polar surface area (TPSA) is 49.4 Å². The Hall–Kier alpha value is -2.09. The number of amides is 2. The van der Waals surface area contributed by atoms with Gasteiger partial charge in [-0.3, -0.25) is 9.59 Å². The molecule has 33 heavy (non-hydrogen) atoms. The van der Waals surface area contributed by atoms with E-state index in [2.05, 4.69) is 37.2 Å². The van der Waals surface area contributed by atoms with Gasteiger partial charge in [0.05, 0.1) is 5.75 Å². The maximum absolute atomic E-state index is 13.4. The van der Waals surface area contributed by atoms with Crippen molar-refractivity contribution < 1.29 is 9.59 Å². The fraction of sp³-hybridized carbons (Fsp3) is 0.231. The summed E-state index contributed by atoms with van der Waals surface area (Å²) in [5, 5.41) is 2.75. The summed E-state index contributed by atoms with van der Waals surface area (Å²) in [5.74, 6) is 0.815. The van der Waals surface area contributed by atoms with Crippen molar-refractivity contribution in [3.63, 3.8) is 0 Å². The van der Waals surface area contributed by atoms with E-state index in [1.165, 1.54) is 0 Å². The van der Waals surface area contributed by atoms with Gasteiger partial charge in [0, 0.05) is 34.7 Å². The summed E-state index contributed by atoms with van der Waals surface area (Å²) in [6.45, 7) is 0.371. The molecular weight excluding hydrogens is 564 g/mol. The van der Waals surface area contributed by atoms with Crippen LogP contribution in [0.1, 0.15) is 16.7 Å². The van der Waals surface area contributed by atoms with E-state index in [1.807, 2.05) is 78.9 Å². The third-order valence-electron chi connectivity index (χ3n) is 5.19. The lowest BCUT2D eigenvalue weighted by Crippen LogP contribution is -2.50.